The van der Waals surface area contributed by atoms with Gasteiger partial charge in [0.15, 0.2) is 22.5 Å². The minimum atomic E-state index is -0.563. The van der Waals surface area contributed by atoms with Crippen LogP contribution in [0.15, 0.2) is 39.5 Å². The number of phenols is 4. The van der Waals surface area contributed by atoms with E-state index in [1.807, 2.05) is 0 Å². The molecule has 1 amide bonds. The number of benzene rings is 2. The Kier molecular flexibility index (Phi) is 3.69. The molecule has 8 nitrogen and oxygen atoms in total. The molecule has 2 aromatic carbocycles. The average Bonchev–Trinajstić information content (AvgIpc) is 3.02. The monoisotopic (exact) mass is 369 g/mol. The first-order valence-corrected chi connectivity index (χ1v) is 8.19. The molecule has 27 heavy (non-hydrogen) atoms. The number of hydrogen-bond acceptors (Lipinski definition) is 7. The van der Waals surface area contributed by atoms with Crippen molar-refractivity contribution in [3.8, 4) is 34.3 Å². The van der Waals surface area contributed by atoms with Gasteiger partial charge in [0.05, 0.1) is 11.6 Å². The summed E-state index contributed by atoms with van der Waals surface area (Å²) < 4.78 is 5.80. The zero-order chi connectivity index (χ0) is 19.3. The molecular weight excluding hydrogens is 354 g/mol. The van der Waals surface area contributed by atoms with Crippen molar-refractivity contribution >= 4 is 16.9 Å². The smallest absolute Gasteiger partial charge is 0.220 e. The molecule has 0 radical (unpaired) electrons. The molecule has 3 aromatic rings. The van der Waals surface area contributed by atoms with E-state index in [1.54, 1.807) is 0 Å². The van der Waals surface area contributed by atoms with Crippen LogP contribution in [0.5, 0.6) is 23.0 Å². The maximum absolute atomic E-state index is 12.6. The summed E-state index contributed by atoms with van der Waals surface area (Å²) in [6.07, 6.45) is 0.669. The van der Waals surface area contributed by atoms with E-state index < -0.39 is 23.0 Å². The molecule has 1 saturated heterocycles. The van der Waals surface area contributed by atoms with Crippen molar-refractivity contribution in [1.29, 1.82) is 0 Å². The predicted molar refractivity (Wildman–Crippen MR) is 94.7 cm³/mol. The molecule has 1 aliphatic heterocycles. The summed E-state index contributed by atoms with van der Waals surface area (Å²) in [6.45, 7) is 0. The van der Waals surface area contributed by atoms with Crippen LogP contribution in [0.4, 0.5) is 0 Å². The molecule has 2 heterocycles. The second-order valence-electron chi connectivity index (χ2n) is 6.37. The largest absolute Gasteiger partial charge is 0.507 e. The van der Waals surface area contributed by atoms with Crippen LogP contribution in [-0.4, -0.2) is 26.3 Å². The van der Waals surface area contributed by atoms with Crippen LogP contribution in [0.3, 0.4) is 0 Å². The third-order valence-electron chi connectivity index (χ3n) is 4.60. The van der Waals surface area contributed by atoms with Gasteiger partial charge >= 0.3 is 0 Å². The highest BCUT2D eigenvalue weighted by Gasteiger charge is 2.29. The number of phenolic OH excluding ortho intramolecular Hbond substituents is 4. The molecule has 0 aliphatic carbocycles. The quantitative estimate of drug-likeness (QED) is 0.436. The van der Waals surface area contributed by atoms with Gasteiger partial charge in [-0.05, 0) is 24.6 Å². The lowest BCUT2D eigenvalue weighted by molar-refractivity contribution is -0.119. The predicted octanol–water partition coefficient (Wildman–Crippen LogP) is 2.23. The fourth-order valence-electron chi connectivity index (χ4n) is 3.31. The van der Waals surface area contributed by atoms with E-state index in [-0.39, 0.29) is 46.1 Å². The van der Waals surface area contributed by atoms with E-state index in [2.05, 4.69) is 5.32 Å². The van der Waals surface area contributed by atoms with Crippen LogP contribution >= 0.6 is 0 Å². The lowest BCUT2D eigenvalue weighted by atomic mass is 9.99. The maximum atomic E-state index is 12.6. The Bertz CT molecular complexity index is 1150. The molecule has 0 spiro atoms. The van der Waals surface area contributed by atoms with Crippen LogP contribution in [0, 0.1) is 0 Å². The Labute approximate surface area is 151 Å². The Hall–Kier alpha value is -3.68. The summed E-state index contributed by atoms with van der Waals surface area (Å²) in [6, 6.07) is 5.53. The molecule has 1 fully saturated rings. The van der Waals surface area contributed by atoms with Crippen molar-refractivity contribution in [1.82, 2.24) is 5.32 Å². The number of nitrogens with one attached hydrogen (secondary N) is 1. The van der Waals surface area contributed by atoms with Crippen LogP contribution in [0.1, 0.15) is 24.4 Å². The van der Waals surface area contributed by atoms with Crippen molar-refractivity contribution in [2.75, 3.05) is 0 Å². The van der Waals surface area contributed by atoms with Crippen molar-refractivity contribution in [2.24, 2.45) is 0 Å². The third kappa shape index (κ3) is 2.71. The van der Waals surface area contributed by atoms with Gasteiger partial charge in [0.25, 0.3) is 0 Å². The minimum Gasteiger partial charge on any atom is -0.507 e. The van der Waals surface area contributed by atoms with Gasteiger partial charge < -0.3 is 30.2 Å². The molecule has 1 atom stereocenters. The second-order valence-corrected chi connectivity index (χ2v) is 6.37. The van der Waals surface area contributed by atoms with Gasteiger partial charge in [-0.2, -0.15) is 0 Å². The molecule has 4 rings (SSSR count). The van der Waals surface area contributed by atoms with Gasteiger partial charge in [-0.15, -0.1) is 0 Å². The van der Waals surface area contributed by atoms with E-state index in [1.165, 1.54) is 18.2 Å². The highest BCUT2D eigenvalue weighted by molar-refractivity contribution is 5.91. The number of amides is 1. The topological polar surface area (TPSA) is 140 Å². The van der Waals surface area contributed by atoms with Gasteiger partial charge in [0.2, 0.25) is 5.91 Å². The van der Waals surface area contributed by atoms with Gasteiger partial charge in [-0.25, -0.2) is 0 Å². The Morgan fingerprint density at radius 2 is 1.70 bits per heavy atom. The molecule has 5 N–H and O–H groups in total. The minimum absolute atomic E-state index is 0.0465. The SMILES string of the molecule is O=C1CC[C@H](c2c(O)cc(O)c3c(=O)cc(-c4ccc(O)c(O)c4)oc23)N1. The van der Waals surface area contributed by atoms with Gasteiger partial charge in [0.1, 0.15) is 22.6 Å². The summed E-state index contributed by atoms with van der Waals surface area (Å²) >= 11 is 0. The van der Waals surface area contributed by atoms with Crippen LogP contribution < -0.4 is 10.7 Å². The molecule has 8 heteroatoms. The highest BCUT2D eigenvalue weighted by Crippen LogP contribution is 2.41. The second kappa shape index (κ2) is 5.94. The van der Waals surface area contributed by atoms with Gasteiger partial charge in [-0.3, -0.25) is 9.59 Å². The van der Waals surface area contributed by atoms with E-state index >= 15 is 0 Å². The van der Waals surface area contributed by atoms with Crippen molar-refractivity contribution in [3.05, 3.63) is 46.1 Å². The van der Waals surface area contributed by atoms with Crippen molar-refractivity contribution in [3.63, 3.8) is 0 Å². The van der Waals surface area contributed by atoms with Crippen LogP contribution in [-0.2, 0) is 4.79 Å². The molecule has 0 unspecified atom stereocenters. The van der Waals surface area contributed by atoms with Crippen LogP contribution in [0.2, 0.25) is 0 Å². The fraction of sp³-hybridized carbons (Fsp3) is 0.158. The fourth-order valence-corrected chi connectivity index (χ4v) is 3.31. The van der Waals surface area contributed by atoms with E-state index in [4.69, 9.17) is 4.42 Å². The molecule has 1 aliphatic rings. The summed E-state index contributed by atoms with van der Waals surface area (Å²) in [5, 5.41) is 42.2. The number of hydrogen-bond donors (Lipinski definition) is 5. The van der Waals surface area contributed by atoms with Gasteiger partial charge in [0, 0.05) is 24.1 Å². The van der Waals surface area contributed by atoms with Crippen molar-refractivity contribution < 1.29 is 29.6 Å². The summed E-state index contributed by atoms with van der Waals surface area (Å²) in [7, 11) is 0. The Balaban J connectivity index is 2.00. The van der Waals surface area contributed by atoms with Crippen molar-refractivity contribution in [2.45, 2.75) is 18.9 Å². The first kappa shape index (κ1) is 16.8. The lowest BCUT2D eigenvalue weighted by Crippen LogP contribution is -2.19. The van der Waals surface area contributed by atoms with E-state index in [0.717, 1.165) is 12.1 Å². The summed E-state index contributed by atoms with van der Waals surface area (Å²) in [4.78, 5) is 24.2. The Morgan fingerprint density at radius 3 is 2.37 bits per heavy atom. The number of carbonyl (C=O) groups excluding carboxylic acids is 1. The van der Waals surface area contributed by atoms with E-state index in [9.17, 15) is 30.0 Å². The number of aromatic hydroxyl groups is 4. The first-order chi connectivity index (χ1) is 12.8. The van der Waals surface area contributed by atoms with E-state index in [0.29, 0.717) is 12.0 Å². The van der Waals surface area contributed by atoms with Crippen LogP contribution in [0.25, 0.3) is 22.3 Å². The first-order valence-electron chi connectivity index (χ1n) is 8.19. The molecule has 138 valence electrons. The lowest BCUT2D eigenvalue weighted by Gasteiger charge is -2.16. The number of rotatable bonds is 2. The average molecular weight is 369 g/mol. The summed E-state index contributed by atoms with van der Waals surface area (Å²) in [5.74, 6) is -1.59. The standard InChI is InChI=1S/C19H15NO7/c21-10-3-1-8(5-11(10)22)15-7-14(25)18-13(24)6-12(23)17(19(18)27-15)9-2-4-16(26)20-9/h1,3,5-7,9,21-24H,2,4H2,(H,20,26)/t9-/m1/s1. The maximum Gasteiger partial charge on any atom is 0.220 e. The molecule has 0 bridgehead atoms. The number of fused-ring (bicyclic) bond motifs is 1. The Morgan fingerprint density at radius 1 is 0.926 bits per heavy atom. The molecule has 0 saturated carbocycles. The third-order valence-corrected chi connectivity index (χ3v) is 4.60. The normalized spacial score (nSPS) is 16.6. The van der Waals surface area contributed by atoms with Gasteiger partial charge in [-0.1, -0.05) is 0 Å². The molecule has 1 aromatic heterocycles. The highest BCUT2D eigenvalue weighted by atomic mass is 16.3. The number of carbonyl (C=O) groups is 1. The molecular formula is C19H15NO7. The zero-order valence-corrected chi connectivity index (χ0v) is 13.9. The summed E-state index contributed by atoms with van der Waals surface area (Å²) in [5.41, 5.74) is -0.0826. The zero-order valence-electron chi connectivity index (χ0n) is 13.9.